The van der Waals surface area contributed by atoms with E-state index in [1.165, 1.54) is 25.7 Å². The van der Waals surface area contributed by atoms with Crippen molar-refractivity contribution in [3.63, 3.8) is 0 Å². The first-order chi connectivity index (χ1) is 19.3. The number of carbonyl (C=O) groups is 2. The number of carbonyl (C=O) groups excluding carboxylic acids is 2. The second kappa shape index (κ2) is 27.7. The van der Waals surface area contributed by atoms with Gasteiger partial charge in [-0.1, -0.05) is 95.9 Å². The van der Waals surface area contributed by atoms with Crippen molar-refractivity contribution >= 4 is 19.8 Å². The zero-order valence-electron chi connectivity index (χ0n) is 25.2. The predicted molar refractivity (Wildman–Crippen MR) is 161 cm³/mol. The SMILES string of the molecule is CCC/C=C\CCCCCCCC(=O)OCC(COP(=O)(O)O)OC(=O)CCCCCCC/C=C\CCCCC. The van der Waals surface area contributed by atoms with Crippen LogP contribution in [0.4, 0.5) is 0 Å². The first kappa shape index (κ1) is 38.5. The lowest BCUT2D eigenvalue weighted by molar-refractivity contribution is -0.161. The van der Waals surface area contributed by atoms with Crippen molar-refractivity contribution in [2.24, 2.45) is 0 Å². The molecule has 0 aromatic carbocycles. The Morgan fingerprint density at radius 2 is 1.10 bits per heavy atom. The lowest BCUT2D eigenvalue weighted by atomic mass is 10.1. The number of hydrogen-bond acceptors (Lipinski definition) is 6. The van der Waals surface area contributed by atoms with Gasteiger partial charge in [0.2, 0.25) is 0 Å². The van der Waals surface area contributed by atoms with Crippen LogP contribution in [0.2, 0.25) is 0 Å². The molecule has 0 fully saturated rings. The van der Waals surface area contributed by atoms with Gasteiger partial charge < -0.3 is 19.3 Å². The molecule has 0 rings (SSSR count). The molecule has 0 saturated heterocycles. The number of esters is 2. The minimum absolute atomic E-state index is 0.200. The van der Waals surface area contributed by atoms with Crippen LogP contribution in [-0.4, -0.2) is 41.0 Å². The number of unbranched alkanes of at least 4 members (excludes halogenated alkanes) is 14. The van der Waals surface area contributed by atoms with Crippen LogP contribution in [0.3, 0.4) is 0 Å². The molecule has 0 amide bonds. The summed E-state index contributed by atoms with van der Waals surface area (Å²) in [5.41, 5.74) is 0. The molecule has 0 heterocycles. The molecular formula is C31H57O8P. The fraction of sp³-hybridized carbons (Fsp3) is 0.806. The highest BCUT2D eigenvalue weighted by atomic mass is 31.2. The van der Waals surface area contributed by atoms with E-state index >= 15 is 0 Å². The summed E-state index contributed by atoms with van der Waals surface area (Å²) in [4.78, 5) is 42.3. The molecule has 0 bridgehead atoms. The summed E-state index contributed by atoms with van der Waals surface area (Å²) in [6.45, 7) is 3.54. The van der Waals surface area contributed by atoms with E-state index in [0.717, 1.165) is 77.0 Å². The van der Waals surface area contributed by atoms with E-state index in [9.17, 15) is 14.2 Å². The van der Waals surface area contributed by atoms with E-state index in [1.54, 1.807) is 0 Å². The Morgan fingerprint density at radius 3 is 1.62 bits per heavy atom. The summed E-state index contributed by atoms with van der Waals surface area (Å²) >= 11 is 0. The molecule has 0 aliphatic heterocycles. The number of allylic oxidation sites excluding steroid dienone is 4. The summed E-state index contributed by atoms with van der Waals surface area (Å²) in [5, 5.41) is 0. The van der Waals surface area contributed by atoms with Crippen LogP contribution in [-0.2, 0) is 28.2 Å². The fourth-order valence-electron chi connectivity index (χ4n) is 4.07. The lowest BCUT2D eigenvalue weighted by Crippen LogP contribution is -2.29. The maximum atomic E-state index is 12.2. The Kier molecular flexibility index (Phi) is 26.7. The maximum absolute atomic E-state index is 12.2. The Hall–Kier alpha value is -1.47. The Labute approximate surface area is 243 Å². The van der Waals surface area contributed by atoms with Crippen molar-refractivity contribution in [1.82, 2.24) is 0 Å². The van der Waals surface area contributed by atoms with Gasteiger partial charge in [0.15, 0.2) is 6.10 Å². The second-order valence-corrected chi connectivity index (χ2v) is 11.7. The summed E-state index contributed by atoms with van der Waals surface area (Å²) in [7, 11) is -4.74. The van der Waals surface area contributed by atoms with Crippen LogP contribution in [0.15, 0.2) is 24.3 Å². The van der Waals surface area contributed by atoms with E-state index in [2.05, 4.69) is 42.7 Å². The molecule has 0 radical (unpaired) electrons. The van der Waals surface area contributed by atoms with Gasteiger partial charge in [0.05, 0.1) is 6.61 Å². The predicted octanol–water partition coefficient (Wildman–Crippen LogP) is 8.50. The molecule has 2 N–H and O–H groups in total. The van der Waals surface area contributed by atoms with Crippen LogP contribution in [0, 0.1) is 0 Å². The minimum atomic E-state index is -4.74. The molecule has 0 spiro atoms. The van der Waals surface area contributed by atoms with Gasteiger partial charge in [-0.3, -0.25) is 14.1 Å². The molecule has 0 aliphatic rings. The summed E-state index contributed by atoms with van der Waals surface area (Å²) in [6.07, 6.45) is 27.7. The zero-order valence-corrected chi connectivity index (χ0v) is 26.1. The number of phosphoric acid groups is 1. The Bertz CT molecular complexity index is 716. The summed E-state index contributed by atoms with van der Waals surface area (Å²) in [5.74, 6) is -0.912. The molecule has 0 aromatic heterocycles. The molecule has 9 heteroatoms. The highest BCUT2D eigenvalue weighted by Crippen LogP contribution is 2.35. The van der Waals surface area contributed by atoms with Crippen molar-refractivity contribution in [1.29, 1.82) is 0 Å². The molecule has 234 valence electrons. The van der Waals surface area contributed by atoms with Gasteiger partial charge in [-0.05, 0) is 57.8 Å². The lowest BCUT2D eigenvalue weighted by Gasteiger charge is -2.18. The van der Waals surface area contributed by atoms with Crippen molar-refractivity contribution in [2.75, 3.05) is 13.2 Å². The monoisotopic (exact) mass is 588 g/mol. The average molecular weight is 589 g/mol. The highest BCUT2D eigenvalue weighted by molar-refractivity contribution is 7.46. The van der Waals surface area contributed by atoms with E-state index in [0.29, 0.717) is 12.8 Å². The molecular weight excluding hydrogens is 531 g/mol. The average Bonchev–Trinajstić information content (AvgIpc) is 2.91. The van der Waals surface area contributed by atoms with Gasteiger partial charge in [-0.2, -0.15) is 0 Å². The number of ether oxygens (including phenoxy) is 2. The standard InChI is InChI=1S/C31H57O8P/c1-3-5-7-9-11-13-15-16-18-20-22-24-26-31(33)39-29(28-38-40(34,35)36)27-37-30(32)25-23-21-19-17-14-12-10-8-6-4-2/h8,10-11,13,29H,3-7,9,12,14-28H2,1-2H3,(H2,34,35,36)/b10-8-,13-11-. The van der Waals surface area contributed by atoms with Crippen molar-refractivity contribution in [3.05, 3.63) is 24.3 Å². The second-order valence-electron chi connectivity index (χ2n) is 10.4. The fourth-order valence-corrected chi connectivity index (χ4v) is 4.43. The molecule has 1 atom stereocenters. The van der Waals surface area contributed by atoms with Gasteiger partial charge in [0.1, 0.15) is 6.61 Å². The smallest absolute Gasteiger partial charge is 0.462 e. The number of rotatable bonds is 28. The number of phosphoric ester groups is 1. The van der Waals surface area contributed by atoms with Gasteiger partial charge >= 0.3 is 19.8 Å². The maximum Gasteiger partial charge on any atom is 0.469 e. The Balaban J connectivity index is 4.08. The third kappa shape index (κ3) is 29.5. The quantitative estimate of drug-likeness (QED) is 0.0404. The molecule has 0 saturated carbocycles. The van der Waals surface area contributed by atoms with Crippen molar-refractivity contribution < 1.29 is 37.9 Å². The van der Waals surface area contributed by atoms with Crippen LogP contribution in [0.25, 0.3) is 0 Å². The Morgan fingerprint density at radius 1 is 0.625 bits per heavy atom. The van der Waals surface area contributed by atoms with Crippen LogP contribution in [0.5, 0.6) is 0 Å². The third-order valence-electron chi connectivity index (χ3n) is 6.42. The number of hydrogen-bond donors (Lipinski definition) is 2. The summed E-state index contributed by atoms with van der Waals surface area (Å²) in [6, 6.07) is 0. The van der Waals surface area contributed by atoms with Gasteiger partial charge in [0, 0.05) is 12.8 Å². The van der Waals surface area contributed by atoms with Gasteiger partial charge in [-0.15, -0.1) is 0 Å². The molecule has 0 aliphatic carbocycles. The normalized spacial score (nSPS) is 12.8. The van der Waals surface area contributed by atoms with Crippen molar-refractivity contribution in [3.8, 4) is 0 Å². The minimum Gasteiger partial charge on any atom is -0.462 e. The molecule has 0 aromatic rings. The van der Waals surface area contributed by atoms with E-state index < -0.39 is 32.5 Å². The van der Waals surface area contributed by atoms with Gasteiger partial charge in [0.25, 0.3) is 0 Å². The molecule has 8 nitrogen and oxygen atoms in total. The van der Waals surface area contributed by atoms with E-state index in [1.807, 2.05) is 0 Å². The first-order valence-electron chi connectivity index (χ1n) is 15.6. The molecule has 1 unspecified atom stereocenters. The van der Waals surface area contributed by atoms with Crippen LogP contribution in [0.1, 0.15) is 142 Å². The van der Waals surface area contributed by atoms with Crippen LogP contribution >= 0.6 is 7.82 Å². The highest BCUT2D eigenvalue weighted by Gasteiger charge is 2.22. The molecule has 40 heavy (non-hydrogen) atoms. The summed E-state index contributed by atoms with van der Waals surface area (Å²) < 4.78 is 26.1. The topological polar surface area (TPSA) is 119 Å². The van der Waals surface area contributed by atoms with E-state index in [-0.39, 0.29) is 19.4 Å². The third-order valence-corrected chi connectivity index (χ3v) is 6.91. The zero-order chi connectivity index (χ0) is 29.7. The van der Waals surface area contributed by atoms with E-state index in [4.69, 9.17) is 19.3 Å². The van der Waals surface area contributed by atoms with Crippen molar-refractivity contribution in [2.45, 2.75) is 148 Å². The first-order valence-corrected chi connectivity index (χ1v) is 17.2. The van der Waals surface area contributed by atoms with Gasteiger partial charge in [-0.25, -0.2) is 4.57 Å². The largest absolute Gasteiger partial charge is 0.469 e. The van der Waals surface area contributed by atoms with Crippen LogP contribution < -0.4 is 0 Å².